The molecule has 0 unspecified atom stereocenters. The quantitative estimate of drug-likeness (QED) is 0.432. The first-order valence-electron chi connectivity index (χ1n) is 5.74. The molecule has 1 rings (SSSR count). The number of nitrogens with zero attached hydrogens (tertiary/aromatic N) is 1. The van der Waals surface area contributed by atoms with Gasteiger partial charge in [-0.2, -0.15) is 0 Å². The lowest BCUT2D eigenvalue weighted by Gasteiger charge is -2.13. The van der Waals surface area contributed by atoms with Gasteiger partial charge < -0.3 is 20.3 Å². The lowest BCUT2D eigenvalue weighted by molar-refractivity contribution is -0.384. The van der Waals surface area contributed by atoms with Gasteiger partial charge in [0.1, 0.15) is 5.75 Å². The Hall–Kier alpha value is -2.84. The Morgan fingerprint density at radius 1 is 1.29 bits per heavy atom. The summed E-state index contributed by atoms with van der Waals surface area (Å²) in [5.41, 5.74) is 0.695. The summed E-state index contributed by atoms with van der Waals surface area (Å²) in [6.07, 6.45) is 0. The van der Waals surface area contributed by atoms with E-state index in [1.54, 1.807) is 6.07 Å². The summed E-state index contributed by atoms with van der Waals surface area (Å²) in [6.45, 7) is 3.91. The van der Waals surface area contributed by atoms with Gasteiger partial charge in [0.15, 0.2) is 0 Å². The number of aliphatic carboxylic acids is 2. The Labute approximate surface area is 120 Å². The van der Waals surface area contributed by atoms with E-state index in [1.165, 1.54) is 19.2 Å². The predicted octanol–water partition coefficient (Wildman–Crippen LogP) is 1.58. The molecular weight excluding hydrogens is 284 g/mol. The van der Waals surface area contributed by atoms with Crippen molar-refractivity contribution in [2.45, 2.75) is 19.9 Å². The van der Waals surface area contributed by atoms with Crippen LogP contribution in [0.3, 0.4) is 0 Å². The van der Waals surface area contributed by atoms with Crippen LogP contribution in [-0.2, 0) is 9.59 Å². The minimum atomic E-state index is -1.82. The number of rotatable bonds is 4. The van der Waals surface area contributed by atoms with Crippen molar-refractivity contribution in [3.8, 4) is 5.75 Å². The lowest BCUT2D eigenvalue weighted by atomic mass is 10.2. The van der Waals surface area contributed by atoms with E-state index in [9.17, 15) is 10.1 Å². The van der Waals surface area contributed by atoms with Crippen molar-refractivity contribution in [1.29, 1.82) is 0 Å². The van der Waals surface area contributed by atoms with Crippen molar-refractivity contribution >= 4 is 23.3 Å². The first-order chi connectivity index (χ1) is 9.68. The van der Waals surface area contributed by atoms with Crippen molar-refractivity contribution in [3.63, 3.8) is 0 Å². The van der Waals surface area contributed by atoms with E-state index >= 15 is 0 Å². The molecule has 1 aromatic carbocycles. The highest BCUT2D eigenvalue weighted by molar-refractivity contribution is 6.27. The number of methoxy groups -OCH3 is 1. The molecule has 3 N–H and O–H groups in total. The first kappa shape index (κ1) is 18.2. The normalized spacial score (nSPS) is 9.33. The number of carbonyl (C=O) groups is 2. The molecule has 9 heteroatoms. The molecule has 0 heterocycles. The van der Waals surface area contributed by atoms with Gasteiger partial charge in [0.2, 0.25) is 0 Å². The number of nitro groups is 1. The summed E-state index contributed by atoms with van der Waals surface area (Å²) in [5.74, 6) is -3.04. The largest absolute Gasteiger partial charge is 0.495 e. The lowest BCUT2D eigenvalue weighted by Crippen LogP contribution is -2.10. The fraction of sp³-hybridized carbons (Fsp3) is 0.333. The molecule has 9 nitrogen and oxygen atoms in total. The van der Waals surface area contributed by atoms with Gasteiger partial charge in [0, 0.05) is 18.2 Å². The molecule has 0 aliphatic carbocycles. The number of hydrogen-bond acceptors (Lipinski definition) is 6. The minimum Gasteiger partial charge on any atom is -0.495 e. The van der Waals surface area contributed by atoms with Crippen LogP contribution in [0.5, 0.6) is 5.75 Å². The smallest absolute Gasteiger partial charge is 0.414 e. The third kappa shape index (κ3) is 6.76. The third-order valence-corrected chi connectivity index (χ3v) is 2.02. The van der Waals surface area contributed by atoms with Crippen LogP contribution in [0.4, 0.5) is 11.4 Å². The zero-order chi connectivity index (χ0) is 16.6. The Morgan fingerprint density at radius 3 is 2.14 bits per heavy atom. The summed E-state index contributed by atoms with van der Waals surface area (Å²) < 4.78 is 5.10. The van der Waals surface area contributed by atoms with Crippen LogP contribution in [0.25, 0.3) is 0 Å². The van der Waals surface area contributed by atoms with Crippen LogP contribution in [0.15, 0.2) is 18.2 Å². The highest BCUT2D eigenvalue weighted by atomic mass is 16.6. The average Bonchev–Trinajstić information content (AvgIpc) is 2.38. The molecule has 21 heavy (non-hydrogen) atoms. The SMILES string of the molecule is COc1ccc([N+](=O)[O-])cc1NC(C)C.O=C(O)C(=O)O. The molecule has 0 atom stereocenters. The van der Waals surface area contributed by atoms with Crippen molar-refractivity contribution in [2.24, 2.45) is 0 Å². The molecule has 0 amide bonds. The number of carboxylic acids is 2. The Kier molecular flexibility index (Phi) is 7.22. The van der Waals surface area contributed by atoms with Crippen molar-refractivity contribution in [2.75, 3.05) is 12.4 Å². The van der Waals surface area contributed by atoms with Crippen molar-refractivity contribution in [1.82, 2.24) is 0 Å². The molecule has 0 saturated heterocycles. The van der Waals surface area contributed by atoms with Gasteiger partial charge >= 0.3 is 11.9 Å². The van der Waals surface area contributed by atoms with Crippen LogP contribution in [0, 0.1) is 10.1 Å². The van der Waals surface area contributed by atoms with Crippen LogP contribution in [0.1, 0.15) is 13.8 Å². The molecule has 0 fully saturated rings. The zero-order valence-corrected chi connectivity index (χ0v) is 11.7. The molecule has 0 aromatic heterocycles. The van der Waals surface area contributed by atoms with Crippen LogP contribution in [0.2, 0.25) is 0 Å². The Morgan fingerprint density at radius 2 is 1.81 bits per heavy atom. The second-order valence-electron chi connectivity index (χ2n) is 4.05. The number of non-ortho nitro benzene ring substituents is 1. The fourth-order valence-corrected chi connectivity index (χ4v) is 1.23. The van der Waals surface area contributed by atoms with E-state index in [-0.39, 0.29) is 11.7 Å². The second kappa shape index (κ2) is 8.35. The number of hydrogen-bond donors (Lipinski definition) is 3. The highest BCUT2D eigenvalue weighted by Crippen LogP contribution is 2.29. The van der Waals surface area contributed by atoms with Gasteiger partial charge in [0.05, 0.1) is 17.7 Å². The maximum Gasteiger partial charge on any atom is 0.414 e. The van der Waals surface area contributed by atoms with Crippen LogP contribution >= 0.6 is 0 Å². The third-order valence-electron chi connectivity index (χ3n) is 2.02. The molecule has 0 saturated carbocycles. The van der Waals surface area contributed by atoms with Crippen LogP contribution < -0.4 is 10.1 Å². The molecule has 0 bridgehead atoms. The number of nitrogens with one attached hydrogen (secondary N) is 1. The van der Waals surface area contributed by atoms with Gasteiger partial charge in [-0.1, -0.05) is 0 Å². The molecular formula is C12H16N2O7. The van der Waals surface area contributed by atoms with E-state index in [4.69, 9.17) is 24.5 Å². The minimum absolute atomic E-state index is 0.0546. The predicted molar refractivity (Wildman–Crippen MR) is 73.7 cm³/mol. The standard InChI is InChI=1S/C10H14N2O3.C2H2O4/c1-7(2)11-9-6-8(12(13)14)4-5-10(9)15-3;3-1(4)2(5)6/h4-7,11H,1-3H3;(H,3,4)(H,5,6). The number of carboxylic acid groups (broad SMARTS) is 2. The molecule has 0 aliphatic rings. The summed E-state index contributed by atoms with van der Waals surface area (Å²) in [7, 11) is 1.53. The average molecular weight is 300 g/mol. The Bertz CT molecular complexity index is 516. The zero-order valence-electron chi connectivity index (χ0n) is 11.7. The van der Waals surface area contributed by atoms with Crippen LogP contribution in [-0.4, -0.2) is 40.2 Å². The van der Waals surface area contributed by atoms with E-state index in [2.05, 4.69) is 5.32 Å². The number of ether oxygens (including phenoxy) is 1. The maximum absolute atomic E-state index is 10.6. The Balaban J connectivity index is 0.000000567. The van der Waals surface area contributed by atoms with E-state index < -0.39 is 16.9 Å². The van der Waals surface area contributed by atoms with Crippen molar-refractivity contribution < 1.29 is 29.5 Å². The topological polar surface area (TPSA) is 139 Å². The van der Waals surface area contributed by atoms with Gasteiger partial charge in [-0.15, -0.1) is 0 Å². The first-order valence-corrected chi connectivity index (χ1v) is 5.74. The number of nitro benzene ring substituents is 1. The fourth-order valence-electron chi connectivity index (χ4n) is 1.23. The molecule has 0 aliphatic heterocycles. The number of benzene rings is 1. The van der Waals surface area contributed by atoms with E-state index in [0.29, 0.717) is 11.4 Å². The molecule has 0 radical (unpaired) electrons. The summed E-state index contributed by atoms with van der Waals surface area (Å²) in [4.78, 5) is 28.3. The second-order valence-corrected chi connectivity index (χ2v) is 4.05. The highest BCUT2D eigenvalue weighted by Gasteiger charge is 2.11. The van der Waals surface area contributed by atoms with E-state index in [0.717, 1.165) is 0 Å². The summed E-state index contributed by atoms with van der Waals surface area (Å²) in [6, 6.07) is 4.67. The molecule has 116 valence electrons. The van der Waals surface area contributed by atoms with Gasteiger partial charge in [-0.05, 0) is 19.9 Å². The monoisotopic (exact) mass is 300 g/mol. The van der Waals surface area contributed by atoms with Gasteiger partial charge in [-0.3, -0.25) is 10.1 Å². The molecule has 0 spiro atoms. The van der Waals surface area contributed by atoms with E-state index in [1.807, 2.05) is 13.8 Å². The molecule has 1 aromatic rings. The maximum atomic E-state index is 10.6. The summed E-state index contributed by atoms with van der Waals surface area (Å²) in [5, 5.41) is 28.4. The van der Waals surface area contributed by atoms with Gasteiger partial charge in [-0.25, -0.2) is 9.59 Å². The summed E-state index contributed by atoms with van der Waals surface area (Å²) >= 11 is 0. The van der Waals surface area contributed by atoms with Gasteiger partial charge in [0.25, 0.3) is 5.69 Å². The number of anilines is 1. The van der Waals surface area contributed by atoms with Crippen molar-refractivity contribution in [3.05, 3.63) is 28.3 Å².